The lowest BCUT2D eigenvalue weighted by molar-refractivity contribution is -0.152. The fourth-order valence-corrected chi connectivity index (χ4v) is 4.29. The number of para-hydroxylation sites is 2. The smallest absolute Gasteiger partial charge is 0.331 e. The van der Waals surface area contributed by atoms with Crippen molar-refractivity contribution >= 4 is 45.3 Å². The number of benzene rings is 1. The van der Waals surface area contributed by atoms with Gasteiger partial charge in [0.05, 0.1) is 54.3 Å². The average molecular weight is 585 g/mol. The van der Waals surface area contributed by atoms with Crippen LogP contribution in [0.15, 0.2) is 79.9 Å². The standard InChI is InChI=1S/C13H16N2O2.C12H15N3O2.C6H5N3/c1-4-17-12(16)13(2,3)15-9-14-10-7-5-6-8-11(10)15;1-4-17-11(16)12(2,3)15-8-14-10-9(15)6-5-7-13-10;1-2-5-6(7-3-1)9-4-8-5/h5-9H,4H2,1-3H3;5-8H,4H2,1-3H3;1-4H,(H,7,8,9). The van der Waals surface area contributed by atoms with Crippen LogP contribution in [0.25, 0.3) is 33.4 Å². The van der Waals surface area contributed by atoms with Crippen molar-refractivity contribution in [1.29, 1.82) is 0 Å². The number of rotatable bonds is 6. The first-order valence-corrected chi connectivity index (χ1v) is 13.9. The zero-order valence-corrected chi connectivity index (χ0v) is 25.2. The number of esters is 2. The Labute approximate surface area is 249 Å². The fourth-order valence-electron chi connectivity index (χ4n) is 4.29. The number of hydrogen-bond donors (Lipinski definition) is 1. The Morgan fingerprint density at radius 1 is 0.698 bits per heavy atom. The largest absolute Gasteiger partial charge is 0.464 e. The summed E-state index contributed by atoms with van der Waals surface area (Å²) in [5.41, 5.74) is 3.50. The van der Waals surface area contributed by atoms with E-state index in [4.69, 9.17) is 9.47 Å². The van der Waals surface area contributed by atoms with Crippen molar-refractivity contribution < 1.29 is 19.1 Å². The Bertz CT molecular complexity index is 1690. The van der Waals surface area contributed by atoms with Crippen LogP contribution in [0, 0.1) is 0 Å². The molecule has 0 saturated carbocycles. The SMILES string of the molecule is CCOC(=O)C(C)(C)n1cnc2ccccc21.CCOC(=O)C(C)(C)n1cnc2ncccc21.c1cnc2nc[nH]c2c1. The van der Waals surface area contributed by atoms with Gasteiger partial charge in [-0.05, 0) is 77.9 Å². The van der Waals surface area contributed by atoms with Gasteiger partial charge in [-0.1, -0.05) is 12.1 Å². The zero-order valence-electron chi connectivity index (χ0n) is 25.2. The maximum atomic E-state index is 11.9. The number of nitrogens with one attached hydrogen (secondary N) is 1. The molecule has 12 nitrogen and oxygen atoms in total. The molecule has 0 saturated heterocycles. The van der Waals surface area contributed by atoms with Crippen LogP contribution in [0.1, 0.15) is 41.5 Å². The van der Waals surface area contributed by atoms with E-state index in [0.29, 0.717) is 18.9 Å². The van der Waals surface area contributed by atoms with Crippen LogP contribution in [0.4, 0.5) is 0 Å². The summed E-state index contributed by atoms with van der Waals surface area (Å²) in [6.45, 7) is 11.6. The van der Waals surface area contributed by atoms with Crippen molar-refractivity contribution in [2.45, 2.75) is 52.6 Å². The monoisotopic (exact) mass is 584 g/mol. The summed E-state index contributed by atoms with van der Waals surface area (Å²) in [6.07, 6.45) is 8.34. The lowest BCUT2D eigenvalue weighted by Crippen LogP contribution is -2.37. The molecule has 0 fully saturated rings. The van der Waals surface area contributed by atoms with Crippen LogP contribution in [-0.2, 0) is 30.1 Å². The second-order valence-corrected chi connectivity index (χ2v) is 10.4. The summed E-state index contributed by atoms with van der Waals surface area (Å²) in [5, 5.41) is 0. The lowest BCUT2D eigenvalue weighted by Gasteiger charge is -2.24. The van der Waals surface area contributed by atoms with Crippen molar-refractivity contribution in [2.75, 3.05) is 13.2 Å². The highest BCUT2D eigenvalue weighted by Gasteiger charge is 2.33. The molecule has 0 radical (unpaired) electrons. The Kier molecular flexibility index (Phi) is 9.49. The molecule has 1 N–H and O–H groups in total. The van der Waals surface area contributed by atoms with Gasteiger partial charge in [-0.2, -0.15) is 0 Å². The van der Waals surface area contributed by atoms with Gasteiger partial charge in [-0.3, -0.25) is 0 Å². The first-order chi connectivity index (χ1) is 20.6. The Hall–Kier alpha value is -5.13. The molecule has 0 aliphatic rings. The average Bonchev–Trinajstić information content (AvgIpc) is 3.76. The molecule has 0 bridgehead atoms. The van der Waals surface area contributed by atoms with E-state index in [0.717, 1.165) is 27.7 Å². The molecule has 224 valence electrons. The zero-order chi connectivity index (χ0) is 31.0. The van der Waals surface area contributed by atoms with E-state index in [1.54, 1.807) is 63.6 Å². The number of H-pyrrole nitrogens is 1. The van der Waals surface area contributed by atoms with E-state index in [1.807, 2.05) is 66.9 Å². The number of aromatic nitrogens is 8. The first-order valence-electron chi connectivity index (χ1n) is 13.9. The summed E-state index contributed by atoms with van der Waals surface area (Å²) in [7, 11) is 0. The molecule has 5 aromatic heterocycles. The van der Waals surface area contributed by atoms with Gasteiger partial charge in [-0.25, -0.2) is 34.5 Å². The number of ether oxygens (including phenoxy) is 2. The second kappa shape index (κ2) is 13.2. The number of fused-ring (bicyclic) bond motifs is 3. The molecule has 0 aliphatic heterocycles. The lowest BCUT2D eigenvalue weighted by atomic mass is 10.1. The van der Waals surface area contributed by atoms with Crippen molar-refractivity contribution in [1.82, 2.24) is 39.0 Å². The number of carbonyl (C=O) groups excluding carboxylic acids is 2. The third-order valence-corrected chi connectivity index (χ3v) is 6.72. The van der Waals surface area contributed by atoms with Crippen LogP contribution in [0.5, 0.6) is 0 Å². The third-order valence-electron chi connectivity index (χ3n) is 6.72. The number of aromatic amines is 1. The van der Waals surface area contributed by atoms with Gasteiger partial charge in [0, 0.05) is 12.4 Å². The maximum Gasteiger partial charge on any atom is 0.331 e. The summed E-state index contributed by atoms with van der Waals surface area (Å²) in [5.74, 6) is -0.522. The maximum absolute atomic E-state index is 11.9. The quantitative estimate of drug-likeness (QED) is 0.267. The minimum absolute atomic E-state index is 0.247. The molecule has 0 spiro atoms. The van der Waals surface area contributed by atoms with Crippen molar-refractivity contribution in [3.63, 3.8) is 0 Å². The molecule has 0 unspecified atom stereocenters. The van der Waals surface area contributed by atoms with Crippen molar-refractivity contribution in [3.05, 3.63) is 79.9 Å². The van der Waals surface area contributed by atoms with E-state index in [-0.39, 0.29) is 11.9 Å². The van der Waals surface area contributed by atoms with E-state index >= 15 is 0 Å². The Balaban J connectivity index is 0.000000154. The molecule has 43 heavy (non-hydrogen) atoms. The van der Waals surface area contributed by atoms with Crippen LogP contribution in [-0.4, -0.2) is 64.2 Å². The van der Waals surface area contributed by atoms with Crippen molar-refractivity contribution in [3.8, 4) is 0 Å². The number of carbonyl (C=O) groups is 2. The van der Waals surface area contributed by atoms with Crippen LogP contribution in [0.3, 0.4) is 0 Å². The van der Waals surface area contributed by atoms with E-state index < -0.39 is 11.1 Å². The predicted octanol–water partition coefficient (Wildman–Crippen LogP) is 5.02. The molecule has 0 amide bonds. The molecule has 5 heterocycles. The third kappa shape index (κ3) is 6.69. The topological polar surface area (TPSA) is 143 Å². The summed E-state index contributed by atoms with van der Waals surface area (Å²) < 4.78 is 13.8. The summed E-state index contributed by atoms with van der Waals surface area (Å²) in [4.78, 5) is 47.3. The van der Waals surface area contributed by atoms with Crippen LogP contribution in [0.2, 0.25) is 0 Å². The normalized spacial score (nSPS) is 11.4. The highest BCUT2D eigenvalue weighted by Crippen LogP contribution is 2.24. The van der Waals surface area contributed by atoms with Crippen LogP contribution < -0.4 is 0 Å². The van der Waals surface area contributed by atoms with Gasteiger partial charge in [-0.15, -0.1) is 0 Å². The van der Waals surface area contributed by atoms with E-state index in [2.05, 4.69) is 29.9 Å². The molecule has 0 aliphatic carbocycles. The van der Waals surface area contributed by atoms with E-state index in [9.17, 15) is 9.59 Å². The summed E-state index contributed by atoms with van der Waals surface area (Å²) >= 11 is 0. The van der Waals surface area contributed by atoms with Gasteiger partial charge in [0.25, 0.3) is 0 Å². The van der Waals surface area contributed by atoms with Crippen molar-refractivity contribution in [2.24, 2.45) is 0 Å². The van der Waals surface area contributed by atoms with Gasteiger partial charge in [0.1, 0.15) is 11.1 Å². The molecule has 6 aromatic rings. The number of nitrogens with zero attached hydrogens (tertiary/aromatic N) is 7. The molecule has 0 atom stereocenters. The first kappa shape index (κ1) is 30.8. The van der Waals surface area contributed by atoms with E-state index in [1.165, 1.54) is 0 Å². The molecule has 12 heteroatoms. The number of imidazole rings is 3. The fraction of sp³-hybridized carbons (Fsp3) is 0.323. The van der Waals surface area contributed by atoms with Gasteiger partial charge in [0.2, 0.25) is 0 Å². The highest BCUT2D eigenvalue weighted by atomic mass is 16.5. The van der Waals surface area contributed by atoms with Gasteiger partial charge >= 0.3 is 11.9 Å². The Morgan fingerprint density at radius 3 is 1.91 bits per heavy atom. The Morgan fingerprint density at radius 2 is 1.26 bits per heavy atom. The van der Waals surface area contributed by atoms with Crippen LogP contribution >= 0.6 is 0 Å². The van der Waals surface area contributed by atoms with Gasteiger partial charge in [0.15, 0.2) is 11.3 Å². The number of pyridine rings is 2. The molecule has 1 aromatic carbocycles. The minimum Gasteiger partial charge on any atom is -0.464 e. The molecular formula is C31H36N8O4. The summed E-state index contributed by atoms with van der Waals surface area (Å²) in [6, 6.07) is 15.3. The minimum atomic E-state index is -0.784. The van der Waals surface area contributed by atoms with Gasteiger partial charge < -0.3 is 23.6 Å². The number of hydrogen-bond acceptors (Lipinski definition) is 9. The molecule has 6 rings (SSSR count). The predicted molar refractivity (Wildman–Crippen MR) is 163 cm³/mol. The highest BCUT2D eigenvalue weighted by molar-refractivity contribution is 5.83. The molecular weight excluding hydrogens is 548 g/mol. The second-order valence-electron chi connectivity index (χ2n) is 10.4.